The summed E-state index contributed by atoms with van der Waals surface area (Å²) in [4.78, 5) is 12.1. The van der Waals surface area contributed by atoms with Crippen LogP contribution in [0.3, 0.4) is 0 Å². The van der Waals surface area contributed by atoms with Crippen LogP contribution < -0.4 is 0 Å². The molecule has 1 atom stereocenters. The second-order valence-corrected chi connectivity index (χ2v) is 5.36. The number of halogens is 2. The summed E-state index contributed by atoms with van der Waals surface area (Å²) in [6.07, 6.45) is 0.384. The Morgan fingerprint density at radius 2 is 2.36 bits per heavy atom. The third kappa shape index (κ3) is 2.82. The quantitative estimate of drug-likeness (QED) is 0.810. The number of benzene rings is 1. The predicted octanol–water partition coefficient (Wildman–Crippen LogP) is 2.31. The Morgan fingerprint density at radius 3 is 3.05 bits per heavy atom. The highest BCUT2D eigenvalue weighted by molar-refractivity contribution is 6.30. The first kappa shape index (κ1) is 14.9. The van der Waals surface area contributed by atoms with Crippen LogP contribution in [0.5, 0.6) is 0 Å². The van der Waals surface area contributed by atoms with E-state index in [9.17, 15) is 9.18 Å². The molecule has 0 spiro atoms. The molecule has 1 saturated heterocycles. The Labute approximate surface area is 130 Å². The van der Waals surface area contributed by atoms with Crippen LogP contribution in [0.15, 0.2) is 18.2 Å². The van der Waals surface area contributed by atoms with Gasteiger partial charge in [0.2, 0.25) is 0 Å². The lowest BCUT2D eigenvalue weighted by atomic mass is 10.2. The molecule has 0 bridgehead atoms. The standard InChI is InChI=1S/C14H13ClFN3O3/c1-8-13(14(20)22-10-4-5-21-7-10)17-18-19(8)12-3-2-9(15)6-11(12)16/h2-3,6,10H,4-5,7H2,1H3/t10-/m0/s1. The molecule has 2 aromatic rings. The average molecular weight is 326 g/mol. The SMILES string of the molecule is Cc1c(C(=O)O[C@H]2CCOC2)nnn1-c1ccc(Cl)cc1F. The van der Waals surface area contributed by atoms with Crippen LogP contribution in [0.4, 0.5) is 4.39 Å². The van der Waals surface area contributed by atoms with Crippen molar-refractivity contribution in [3.8, 4) is 5.69 Å². The Morgan fingerprint density at radius 1 is 1.55 bits per heavy atom. The van der Waals surface area contributed by atoms with Crippen LogP contribution in [0.25, 0.3) is 5.69 Å². The molecule has 1 fully saturated rings. The third-order valence-corrected chi connectivity index (χ3v) is 3.62. The molecular weight excluding hydrogens is 313 g/mol. The summed E-state index contributed by atoms with van der Waals surface area (Å²) in [5.74, 6) is -1.14. The number of hydrogen-bond donors (Lipinski definition) is 0. The number of ether oxygens (including phenoxy) is 2. The van der Waals surface area contributed by atoms with Gasteiger partial charge in [0.25, 0.3) is 0 Å². The van der Waals surface area contributed by atoms with Crippen molar-refractivity contribution in [2.24, 2.45) is 0 Å². The first-order valence-corrected chi connectivity index (χ1v) is 7.10. The van der Waals surface area contributed by atoms with Crippen LogP contribution >= 0.6 is 11.6 Å². The number of hydrogen-bond acceptors (Lipinski definition) is 5. The second-order valence-electron chi connectivity index (χ2n) is 4.92. The van der Waals surface area contributed by atoms with Gasteiger partial charge in [-0.15, -0.1) is 5.10 Å². The van der Waals surface area contributed by atoms with Crippen molar-refractivity contribution in [1.82, 2.24) is 15.0 Å². The molecule has 0 N–H and O–H groups in total. The van der Waals surface area contributed by atoms with Gasteiger partial charge in [-0.25, -0.2) is 13.9 Å². The maximum absolute atomic E-state index is 13.9. The van der Waals surface area contributed by atoms with Gasteiger partial charge in [0.15, 0.2) is 5.69 Å². The van der Waals surface area contributed by atoms with Crippen molar-refractivity contribution in [3.63, 3.8) is 0 Å². The zero-order valence-corrected chi connectivity index (χ0v) is 12.5. The predicted molar refractivity (Wildman–Crippen MR) is 75.7 cm³/mol. The van der Waals surface area contributed by atoms with Crippen LogP contribution in [0.1, 0.15) is 22.6 Å². The topological polar surface area (TPSA) is 66.2 Å². The first-order chi connectivity index (χ1) is 10.6. The molecule has 0 radical (unpaired) electrons. The summed E-state index contributed by atoms with van der Waals surface area (Å²) < 4.78 is 25.6. The highest BCUT2D eigenvalue weighted by atomic mass is 35.5. The van der Waals surface area contributed by atoms with Crippen molar-refractivity contribution < 1.29 is 18.7 Å². The van der Waals surface area contributed by atoms with E-state index in [1.165, 1.54) is 22.9 Å². The molecule has 22 heavy (non-hydrogen) atoms. The molecule has 2 heterocycles. The van der Waals surface area contributed by atoms with Gasteiger partial charge in [-0.1, -0.05) is 16.8 Å². The zero-order valence-electron chi connectivity index (χ0n) is 11.8. The van der Waals surface area contributed by atoms with E-state index < -0.39 is 11.8 Å². The van der Waals surface area contributed by atoms with Gasteiger partial charge < -0.3 is 9.47 Å². The Balaban J connectivity index is 1.86. The highest BCUT2D eigenvalue weighted by Gasteiger charge is 2.25. The lowest BCUT2D eigenvalue weighted by Gasteiger charge is -2.09. The largest absolute Gasteiger partial charge is 0.455 e. The Bertz CT molecular complexity index is 713. The van der Waals surface area contributed by atoms with E-state index in [0.717, 1.165) is 0 Å². The van der Waals surface area contributed by atoms with Crippen molar-refractivity contribution in [3.05, 3.63) is 40.4 Å². The van der Waals surface area contributed by atoms with E-state index in [1.54, 1.807) is 6.92 Å². The van der Waals surface area contributed by atoms with E-state index in [4.69, 9.17) is 21.1 Å². The number of esters is 1. The molecule has 0 saturated carbocycles. The summed E-state index contributed by atoms with van der Waals surface area (Å²) in [5.41, 5.74) is 0.615. The number of rotatable bonds is 3. The lowest BCUT2D eigenvalue weighted by Crippen LogP contribution is -2.19. The van der Waals surface area contributed by atoms with E-state index in [2.05, 4.69) is 10.3 Å². The van der Waals surface area contributed by atoms with Gasteiger partial charge >= 0.3 is 5.97 Å². The first-order valence-electron chi connectivity index (χ1n) is 6.72. The molecule has 3 rings (SSSR count). The Kier molecular flexibility index (Phi) is 4.08. The van der Waals surface area contributed by atoms with Crippen molar-refractivity contribution >= 4 is 17.6 Å². The van der Waals surface area contributed by atoms with Gasteiger partial charge in [-0.05, 0) is 25.1 Å². The summed E-state index contributed by atoms with van der Waals surface area (Å²) in [7, 11) is 0. The molecule has 1 aromatic heterocycles. The molecule has 0 unspecified atom stereocenters. The minimum atomic E-state index is -0.589. The van der Waals surface area contributed by atoms with Gasteiger partial charge in [0.1, 0.15) is 17.6 Å². The van der Waals surface area contributed by atoms with Crippen LogP contribution in [0, 0.1) is 12.7 Å². The number of nitrogens with zero attached hydrogens (tertiary/aromatic N) is 3. The maximum atomic E-state index is 13.9. The third-order valence-electron chi connectivity index (χ3n) is 3.39. The monoisotopic (exact) mass is 325 g/mol. The molecular formula is C14H13ClFN3O3. The minimum absolute atomic E-state index is 0.0567. The molecule has 1 aliphatic heterocycles. The van der Waals surface area contributed by atoms with Crippen molar-refractivity contribution in [2.45, 2.75) is 19.4 Å². The zero-order chi connectivity index (χ0) is 15.7. The van der Waals surface area contributed by atoms with Crippen LogP contribution in [-0.4, -0.2) is 40.3 Å². The van der Waals surface area contributed by atoms with Gasteiger partial charge in [-0.2, -0.15) is 0 Å². The number of carbonyl (C=O) groups excluding carboxylic acids is 1. The molecule has 0 amide bonds. The van der Waals surface area contributed by atoms with E-state index in [-0.39, 0.29) is 22.5 Å². The van der Waals surface area contributed by atoms with Gasteiger partial charge in [0.05, 0.1) is 18.9 Å². The van der Waals surface area contributed by atoms with Crippen LogP contribution in [0.2, 0.25) is 5.02 Å². The number of aromatic nitrogens is 3. The molecule has 8 heteroatoms. The summed E-state index contributed by atoms with van der Waals surface area (Å²) in [5, 5.41) is 7.90. The fourth-order valence-corrected chi connectivity index (χ4v) is 2.37. The van der Waals surface area contributed by atoms with Crippen molar-refractivity contribution in [1.29, 1.82) is 0 Å². The van der Waals surface area contributed by atoms with Gasteiger partial charge in [0, 0.05) is 11.4 Å². The normalized spacial score (nSPS) is 17.7. The molecule has 1 aromatic carbocycles. The van der Waals surface area contributed by atoms with E-state index >= 15 is 0 Å². The molecule has 116 valence electrons. The smallest absolute Gasteiger partial charge is 0.361 e. The summed E-state index contributed by atoms with van der Waals surface area (Å²) >= 11 is 5.72. The highest BCUT2D eigenvalue weighted by Crippen LogP contribution is 2.20. The molecule has 0 aliphatic carbocycles. The summed E-state index contributed by atoms with van der Waals surface area (Å²) in [6, 6.07) is 4.18. The van der Waals surface area contributed by atoms with Gasteiger partial charge in [-0.3, -0.25) is 0 Å². The second kappa shape index (κ2) is 6.02. The molecule has 6 nitrogen and oxygen atoms in total. The van der Waals surface area contributed by atoms with E-state index in [1.807, 2.05) is 0 Å². The molecule has 1 aliphatic rings. The van der Waals surface area contributed by atoms with Crippen molar-refractivity contribution in [2.75, 3.05) is 13.2 Å². The lowest BCUT2D eigenvalue weighted by molar-refractivity contribution is 0.0263. The maximum Gasteiger partial charge on any atom is 0.361 e. The average Bonchev–Trinajstić information content (AvgIpc) is 3.09. The number of carbonyl (C=O) groups is 1. The van der Waals surface area contributed by atoms with E-state index in [0.29, 0.717) is 25.3 Å². The van der Waals surface area contributed by atoms with Crippen LogP contribution in [-0.2, 0) is 9.47 Å². The Hall–Kier alpha value is -1.99. The fourth-order valence-electron chi connectivity index (χ4n) is 2.21. The minimum Gasteiger partial charge on any atom is -0.455 e. The summed E-state index contributed by atoms with van der Waals surface area (Å²) in [6.45, 7) is 2.57. The fraction of sp³-hybridized carbons (Fsp3) is 0.357.